The Labute approximate surface area is 129 Å². The topological polar surface area (TPSA) is 81.7 Å². The molecular weight excluding hydrogens is 286 g/mol. The third kappa shape index (κ3) is 7.42. The fraction of sp³-hybridized carbons (Fsp3) is 0.438. The van der Waals surface area contributed by atoms with Crippen LogP contribution in [-0.4, -0.2) is 30.0 Å². The smallest absolute Gasteiger partial charge is 0.408 e. The Hall–Kier alpha value is -2.37. The quantitative estimate of drug-likeness (QED) is 0.643. The van der Waals surface area contributed by atoms with Crippen LogP contribution >= 0.6 is 0 Å². The van der Waals surface area contributed by atoms with Gasteiger partial charge in [-0.25, -0.2) is 4.79 Å². The molecule has 22 heavy (non-hydrogen) atoms. The molecule has 1 N–H and O–H groups in total. The number of hydrogen-bond donors (Lipinski definition) is 1. The van der Waals surface area contributed by atoms with Crippen LogP contribution in [0.1, 0.15) is 32.8 Å². The number of nitrogens with one attached hydrogen (secondary N) is 1. The van der Waals surface area contributed by atoms with E-state index < -0.39 is 23.7 Å². The van der Waals surface area contributed by atoms with Crippen LogP contribution in [0.4, 0.5) is 4.79 Å². The zero-order chi connectivity index (χ0) is 16.6. The molecule has 0 aliphatic rings. The normalized spacial score (nSPS) is 12.1. The van der Waals surface area contributed by atoms with Crippen LogP contribution in [0, 0.1) is 0 Å². The van der Waals surface area contributed by atoms with Gasteiger partial charge in [0.25, 0.3) is 0 Å². The summed E-state index contributed by atoms with van der Waals surface area (Å²) >= 11 is 0. The molecule has 0 saturated carbocycles. The molecule has 120 valence electrons. The molecule has 0 spiro atoms. The first-order valence-electron chi connectivity index (χ1n) is 6.94. The van der Waals surface area contributed by atoms with E-state index in [-0.39, 0.29) is 13.0 Å². The first kappa shape index (κ1) is 17.7. The number of amides is 1. The summed E-state index contributed by atoms with van der Waals surface area (Å²) in [6, 6.07) is 8.20. The van der Waals surface area contributed by atoms with Gasteiger partial charge in [-0.3, -0.25) is 4.79 Å². The highest BCUT2D eigenvalue weighted by atomic mass is 16.6. The SMILES string of the molecule is CC(C)(C)OC(=O)N[C@H](C=O)CC(=O)OCc1ccccc1. The van der Waals surface area contributed by atoms with E-state index in [1.165, 1.54) is 0 Å². The summed E-state index contributed by atoms with van der Waals surface area (Å²) in [6.45, 7) is 5.24. The lowest BCUT2D eigenvalue weighted by atomic mass is 10.2. The summed E-state index contributed by atoms with van der Waals surface area (Å²) in [7, 11) is 0. The van der Waals surface area contributed by atoms with Gasteiger partial charge in [0, 0.05) is 0 Å². The Morgan fingerprint density at radius 3 is 2.41 bits per heavy atom. The second kappa shape index (κ2) is 8.17. The molecule has 6 nitrogen and oxygen atoms in total. The van der Waals surface area contributed by atoms with Crippen LogP contribution in [0.3, 0.4) is 0 Å². The van der Waals surface area contributed by atoms with Crippen molar-refractivity contribution in [1.82, 2.24) is 5.32 Å². The zero-order valence-corrected chi connectivity index (χ0v) is 13.0. The molecule has 1 atom stereocenters. The highest BCUT2D eigenvalue weighted by Crippen LogP contribution is 2.07. The fourth-order valence-electron chi connectivity index (χ4n) is 1.57. The van der Waals surface area contributed by atoms with Crippen LogP contribution in [-0.2, 0) is 25.7 Å². The third-order valence-electron chi connectivity index (χ3n) is 2.50. The first-order chi connectivity index (χ1) is 10.3. The van der Waals surface area contributed by atoms with Gasteiger partial charge in [-0.15, -0.1) is 0 Å². The number of benzene rings is 1. The third-order valence-corrected chi connectivity index (χ3v) is 2.50. The van der Waals surface area contributed by atoms with E-state index in [4.69, 9.17) is 9.47 Å². The standard InChI is InChI=1S/C16H21NO5/c1-16(2,3)22-15(20)17-13(10-18)9-14(19)21-11-12-7-5-4-6-8-12/h4-8,10,13H,9,11H2,1-3H3,(H,17,20)/t13-/m0/s1. The minimum absolute atomic E-state index is 0.123. The molecule has 1 aromatic rings. The molecule has 0 bridgehead atoms. The van der Waals surface area contributed by atoms with Crippen LogP contribution in [0.15, 0.2) is 30.3 Å². The Kier molecular flexibility index (Phi) is 6.56. The van der Waals surface area contributed by atoms with Crippen molar-refractivity contribution >= 4 is 18.3 Å². The maximum absolute atomic E-state index is 11.7. The fourth-order valence-corrected chi connectivity index (χ4v) is 1.57. The second-order valence-corrected chi connectivity index (χ2v) is 5.74. The Bertz CT molecular complexity index is 507. The highest BCUT2D eigenvalue weighted by molar-refractivity contribution is 5.79. The van der Waals surface area contributed by atoms with Gasteiger partial charge in [-0.1, -0.05) is 30.3 Å². The molecule has 6 heteroatoms. The number of esters is 1. The zero-order valence-electron chi connectivity index (χ0n) is 13.0. The molecule has 0 saturated heterocycles. The van der Waals surface area contributed by atoms with Crippen molar-refractivity contribution in [1.29, 1.82) is 0 Å². The van der Waals surface area contributed by atoms with Crippen molar-refractivity contribution < 1.29 is 23.9 Å². The molecular formula is C16H21NO5. The summed E-state index contributed by atoms with van der Waals surface area (Å²) in [5, 5.41) is 2.32. The lowest BCUT2D eigenvalue weighted by Gasteiger charge is -2.21. The summed E-state index contributed by atoms with van der Waals surface area (Å²) in [4.78, 5) is 34.2. The van der Waals surface area contributed by atoms with Crippen LogP contribution < -0.4 is 5.32 Å². The average Bonchev–Trinajstić information content (AvgIpc) is 2.43. The molecule has 0 fully saturated rings. The number of alkyl carbamates (subject to hydrolysis) is 1. The molecule has 0 aliphatic carbocycles. The molecule has 1 rings (SSSR count). The highest BCUT2D eigenvalue weighted by Gasteiger charge is 2.21. The van der Waals surface area contributed by atoms with E-state index in [1.54, 1.807) is 20.8 Å². The van der Waals surface area contributed by atoms with E-state index in [0.29, 0.717) is 6.29 Å². The lowest BCUT2D eigenvalue weighted by Crippen LogP contribution is -2.41. The summed E-state index contributed by atoms with van der Waals surface area (Å²) in [5.41, 5.74) is 0.171. The van der Waals surface area contributed by atoms with Gasteiger partial charge in [-0.05, 0) is 26.3 Å². The Morgan fingerprint density at radius 1 is 1.23 bits per heavy atom. The predicted octanol–water partition coefficient (Wildman–Crippen LogP) is 2.21. The maximum Gasteiger partial charge on any atom is 0.408 e. The molecule has 0 heterocycles. The van der Waals surface area contributed by atoms with Crippen molar-refractivity contribution in [2.75, 3.05) is 0 Å². The number of aldehydes is 1. The van der Waals surface area contributed by atoms with Crippen molar-refractivity contribution in [3.05, 3.63) is 35.9 Å². The van der Waals surface area contributed by atoms with E-state index in [2.05, 4.69) is 5.32 Å². The molecule has 0 unspecified atom stereocenters. The molecule has 0 aromatic heterocycles. The maximum atomic E-state index is 11.7. The number of hydrogen-bond acceptors (Lipinski definition) is 5. The van der Waals surface area contributed by atoms with Crippen molar-refractivity contribution in [2.24, 2.45) is 0 Å². The predicted molar refractivity (Wildman–Crippen MR) is 80.1 cm³/mol. The van der Waals surface area contributed by atoms with Gasteiger partial charge in [-0.2, -0.15) is 0 Å². The van der Waals surface area contributed by atoms with Gasteiger partial charge in [0.2, 0.25) is 0 Å². The lowest BCUT2D eigenvalue weighted by molar-refractivity contribution is -0.146. The first-order valence-corrected chi connectivity index (χ1v) is 6.94. The van der Waals surface area contributed by atoms with Gasteiger partial charge in [0.1, 0.15) is 18.5 Å². The van der Waals surface area contributed by atoms with Crippen LogP contribution in [0.2, 0.25) is 0 Å². The minimum atomic E-state index is -0.974. The summed E-state index contributed by atoms with van der Waals surface area (Å²) < 4.78 is 10.1. The van der Waals surface area contributed by atoms with Crippen molar-refractivity contribution in [3.8, 4) is 0 Å². The van der Waals surface area contributed by atoms with Gasteiger partial charge < -0.3 is 19.6 Å². The molecule has 1 aromatic carbocycles. The van der Waals surface area contributed by atoms with Crippen LogP contribution in [0.5, 0.6) is 0 Å². The molecule has 0 aliphatic heterocycles. The number of rotatable bonds is 6. The van der Waals surface area contributed by atoms with Crippen molar-refractivity contribution in [3.63, 3.8) is 0 Å². The van der Waals surface area contributed by atoms with E-state index in [0.717, 1.165) is 5.56 Å². The Balaban J connectivity index is 2.40. The second-order valence-electron chi connectivity index (χ2n) is 5.74. The van der Waals surface area contributed by atoms with Crippen LogP contribution in [0.25, 0.3) is 0 Å². The van der Waals surface area contributed by atoms with Gasteiger partial charge in [0.05, 0.1) is 12.5 Å². The van der Waals surface area contributed by atoms with Gasteiger partial charge in [0.15, 0.2) is 0 Å². The van der Waals surface area contributed by atoms with E-state index >= 15 is 0 Å². The van der Waals surface area contributed by atoms with E-state index in [1.807, 2.05) is 30.3 Å². The largest absolute Gasteiger partial charge is 0.461 e. The summed E-state index contributed by atoms with van der Waals surface area (Å²) in [6.07, 6.45) is -0.510. The minimum Gasteiger partial charge on any atom is -0.461 e. The number of carbonyl (C=O) groups excluding carboxylic acids is 3. The van der Waals surface area contributed by atoms with Crippen molar-refractivity contribution in [2.45, 2.75) is 45.4 Å². The Morgan fingerprint density at radius 2 is 1.86 bits per heavy atom. The van der Waals surface area contributed by atoms with E-state index in [9.17, 15) is 14.4 Å². The molecule has 0 radical (unpaired) electrons. The number of carbonyl (C=O) groups is 3. The monoisotopic (exact) mass is 307 g/mol. The van der Waals surface area contributed by atoms with Gasteiger partial charge >= 0.3 is 12.1 Å². The molecule has 1 amide bonds. The number of ether oxygens (including phenoxy) is 2. The summed E-state index contributed by atoms with van der Waals surface area (Å²) in [5.74, 6) is -0.572. The average molecular weight is 307 g/mol.